The SMILES string of the molecule is CN(CCN(C)c1ccccc1)C(=O)n1cc(C#N)cn1. The van der Waals surface area contributed by atoms with Gasteiger partial charge >= 0.3 is 6.03 Å². The Morgan fingerprint density at radius 2 is 2.00 bits per heavy atom. The maximum Gasteiger partial charge on any atom is 0.344 e. The second kappa shape index (κ2) is 6.57. The zero-order valence-corrected chi connectivity index (χ0v) is 12.1. The molecule has 0 fully saturated rings. The van der Waals surface area contributed by atoms with Crippen molar-refractivity contribution in [1.29, 1.82) is 5.26 Å². The summed E-state index contributed by atoms with van der Waals surface area (Å²) < 4.78 is 1.18. The monoisotopic (exact) mass is 283 g/mol. The summed E-state index contributed by atoms with van der Waals surface area (Å²) in [7, 11) is 3.70. The first-order valence-electron chi connectivity index (χ1n) is 6.58. The topological polar surface area (TPSA) is 65.2 Å². The molecule has 0 radical (unpaired) electrons. The van der Waals surface area contributed by atoms with E-state index in [1.165, 1.54) is 17.1 Å². The van der Waals surface area contributed by atoms with Crippen molar-refractivity contribution in [3.05, 3.63) is 48.3 Å². The molecule has 2 aromatic rings. The largest absolute Gasteiger partial charge is 0.373 e. The first-order valence-corrected chi connectivity index (χ1v) is 6.58. The van der Waals surface area contributed by atoms with Crippen molar-refractivity contribution in [2.24, 2.45) is 0 Å². The van der Waals surface area contributed by atoms with E-state index in [4.69, 9.17) is 5.26 Å². The van der Waals surface area contributed by atoms with Crippen molar-refractivity contribution >= 4 is 11.7 Å². The summed E-state index contributed by atoms with van der Waals surface area (Å²) in [6, 6.07) is 11.7. The molecule has 1 amide bonds. The van der Waals surface area contributed by atoms with Gasteiger partial charge in [0.1, 0.15) is 6.07 Å². The van der Waals surface area contributed by atoms with Crippen LogP contribution in [0.15, 0.2) is 42.7 Å². The minimum absolute atomic E-state index is 0.252. The Labute approximate surface area is 123 Å². The number of carbonyl (C=O) groups excluding carboxylic acids is 1. The van der Waals surface area contributed by atoms with Crippen molar-refractivity contribution in [1.82, 2.24) is 14.7 Å². The van der Waals surface area contributed by atoms with Crippen LogP contribution in [0.5, 0.6) is 0 Å². The van der Waals surface area contributed by atoms with E-state index in [2.05, 4.69) is 10.00 Å². The highest BCUT2D eigenvalue weighted by molar-refractivity contribution is 5.75. The van der Waals surface area contributed by atoms with Crippen LogP contribution in [0.4, 0.5) is 10.5 Å². The van der Waals surface area contributed by atoms with Gasteiger partial charge in [0, 0.05) is 32.9 Å². The van der Waals surface area contributed by atoms with Crippen LogP contribution in [-0.4, -0.2) is 47.9 Å². The zero-order valence-electron chi connectivity index (χ0n) is 12.1. The average Bonchev–Trinajstić information content (AvgIpc) is 3.01. The summed E-state index contributed by atoms with van der Waals surface area (Å²) in [4.78, 5) is 15.8. The van der Waals surface area contributed by atoms with Crippen molar-refractivity contribution in [2.45, 2.75) is 0 Å². The number of nitriles is 1. The quantitative estimate of drug-likeness (QED) is 0.858. The van der Waals surface area contributed by atoms with E-state index in [9.17, 15) is 4.79 Å². The average molecular weight is 283 g/mol. The van der Waals surface area contributed by atoms with Gasteiger partial charge in [0.15, 0.2) is 0 Å². The summed E-state index contributed by atoms with van der Waals surface area (Å²) in [5.41, 5.74) is 1.47. The molecule has 0 saturated carbocycles. The van der Waals surface area contributed by atoms with Crippen molar-refractivity contribution in [3.63, 3.8) is 0 Å². The molecule has 0 saturated heterocycles. The molecule has 108 valence electrons. The Morgan fingerprint density at radius 3 is 2.62 bits per heavy atom. The lowest BCUT2D eigenvalue weighted by Gasteiger charge is -2.23. The van der Waals surface area contributed by atoms with Crippen molar-refractivity contribution < 1.29 is 4.79 Å². The third-order valence-electron chi connectivity index (χ3n) is 3.20. The fourth-order valence-corrected chi connectivity index (χ4v) is 1.87. The molecule has 0 atom stereocenters. The minimum atomic E-state index is -0.252. The van der Waals surface area contributed by atoms with E-state index in [-0.39, 0.29) is 6.03 Å². The third-order valence-corrected chi connectivity index (χ3v) is 3.20. The summed E-state index contributed by atoms with van der Waals surface area (Å²) in [6.45, 7) is 1.27. The highest BCUT2D eigenvalue weighted by Crippen LogP contribution is 2.10. The van der Waals surface area contributed by atoms with Gasteiger partial charge in [-0.05, 0) is 12.1 Å². The zero-order chi connectivity index (χ0) is 15.2. The first-order chi connectivity index (χ1) is 10.1. The molecule has 0 unspecified atom stereocenters. The Balaban J connectivity index is 1.91. The van der Waals surface area contributed by atoms with Crippen LogP contribution < -0.4 is 4.90 Å². The molecule has 0 aliphatic rings. The molecule has 6 heteroatoms. The summed E-state index contributed by atoms with van der Waals surface area (Å²) in [5, 5.41) is 12.6. The molecule has 0 bridgehead atoms. The normalized spacial score (nSPS) is 9.95. The third kappa shape index (κ3) is 3.60. The number of likely N-dealkylation sites (N-methyl/N-ethyl adjacent to an activating group) is 2. The maximum absolute atomic E-state index is 12.1. The lowest BCUT2D eigenvalue weighted by molar-refractivity contribution is 0.208. The molecule has 1 aromatic heterocycles. The Bertz CT molecular complexity index is 644. The number of hydrogen-bond donors (Lipinski definition) is 0. The van der Waals surface area contributed by atoms with Gasteiger partial charge in [0.25, 0.3) is 0 Å². The molecule has 0 N–H and O–H groups in total. The maximum atomic E-state index is 12.1. The van der Waals surface area contributed by atoms with E-state index >= 15 is 0 Å². The van der Waals surface area contributed by atoms with Crippen molar-refractivity contribution in [3.8, 4) is 6.07 Å². The minimum Gasteiger partial charge on any atom is -0.373 e. The van der Waals surface area contributed by atoms with Crippen LogP contribution in [0.2, 0.25) is 0 Å². The van der Waals surface area contributed by atoms with E-state index in [1.807, 2.05) is 43.4 Å². The lowest BCUT2D eigenvalue weighted by atomic mass is 10.3. The van der Waals surface area contributed by atoms with Gasteiger partial charge in [-0.2, -0.15) is 15.0 Å². The molecule has 0 spiro atoms. The molecule has 0 aliphatic heterocycles. The molecular formula is C15H17N5O. The number of benzene rings is 1. The number of amides is 1. The van der Waals surface area contributed by atoms with Gasteiger partial charge < -0.3 is 9.80 Å². The lowest BCUT2D eigenvalue weighted by Crippen LogP contribution is -2.37. The van der Waals surface area contributed by atoms with Crippen LogP contribution >= 0.6 is 0 Å². The molecule has 21 heavy (non-hydrogen) atoms. The van der Waals surface area contributed by atoms with Gasteiger partial charge in [-0.3, -0.25) is 0 Å². The van der Waals surface area contributed by atoms with Crippen LogP contribution in [0, 0.1) is 11.3 Å². The number of carbonyl (C=O) groups is 1. The Hall–Kier alpha value is -2.81. The second-order valence-corrected chi connectivity index (χ2v) is 4.75. The number of rotatable bonds is 4. The van der Waals surface area contributed by atoms with Gasteiger partial charge in [-0.1, -0.05) is 18.2 Å². The number of hydrogen-bond acceptors (Lipinski definition) is 4. The van der Waals surface area contributed by atoms with Crippen LogP contribution in [-0.2, 0) is 0 Å². The second-order valence-electron chi connectivity index (χ2n) is 4.75. The molecule has 6 nitrogen and oxygen atoms in total. The van der Waals surface area contributed by atoms with E-state index < -0.39 is 0 Å². The number of para-hydroxylation sites is 1. The predicted octanol–water partition coefficient (Wildman–Crippen LogP) is 1.79. The van der Waals surface area contributed by atoms with E-state index in [1.54, 1.807) is 11.9 Å². The number of nitrogens with zero attached hydrogens (tertiary/aromatic N) is 5. The fraction of sp³-hybridized carbons (Fsp3) is 0.267. The van der Waals surface area contributed by atoms with E-state index in [0.717, 1.165) is 5.69 Å². The fourth-order valence-electron chi connectivity index (χ4n) is 1.87. The highest BCUT2D eigenvalue weighted by atomic mass is 16.2. The van der Waals surface area contributed by atoms with Crippen LogP contribution in [0.1, 0.15) is 5.56 Å². The van der Waals surface area contributed by atoms with Gasteiger partial charge in [0.2, 0.25) is 0 Å². The summed E-state index contributed by atoms with van der Waals surface area (Å²) in [6.07, 6.45) is 2.81. The summed E-state index contributed by atoms with van der Waals surface area (Å²) in [5.74, 6) is 0. The smallest absolute Gasteiger partial charge is 0.344 e. The molecular weight excluding hydrogens is 266 g/mol. The van der Waals surface area contributed by atoms with Crippen molar-refractivity contribution in [2.75, 3.05) is 32.1 Å². The van der Waals surface area contributed by atoms with Crippen LogP contribution in [0.25, 0.3) is 0 Å². The molecule has 0 aliphatic carbocycles. The molecule has 1 heterocycles. The standard InChI is InChI=1S/C15H17N5O/c1-18(14-6-4-3-5-7-14)8-9-19(2)15(21)20-12-13(10-16)11-17-20/h3-7,11-12H,8-9H2,1-2H3. The molecule has 1 aromatic carbocycles. The number of anilines is 1. The Morgan fingerprint density at radius 1 is 1.29 bits per heavy atom. The van der Waals surface area contributed by atoms with E-state index in [0.29, 0.717) is 18.7 Å². The van der Waals surface area contributed by atoms with Gasteiger partial charge in [-0.15, -0.1) is 0 Å². The highest BCUT2D eigenvalue weighted by Gasteiger charge is 2.13. The first kappa shape index (κ1) is 14.6. The predicted molar refractivity (Wildman–Crippen MR) is 80.1 cm³/mol. The van der Waals surface area contributed by atoms with Gasteiger partial charge in [0.05, 0.1) is 18.0 Å². The number of aromatic nitrogens is 2. The molecule has 2 rings (SSSR count). The van der Waals surface area contributed by atoms with Gasteiger partial charge in [-0.25, -0.2) is 4.79 Å². The summed E-state index contributed by atoms with van der Waals surface area (Å²) >= 11 is 0. The van der Waals surface area contributed by atoms with Crippen LogP contribution in [0.3, 0.4) is 0 Å². The Kier molecular flexibility index (Phi) is 4.57.